The maximum atomic E-state index is 12.8. The Kier molecular flexibility index (Phi) is 5.57. The molecular weight excluding hydrogens is 310 g/mol. The summed E-state index contributed by atoms with van der Waals surface area (Å²) in [5.74, 6) is 0.143. The van der Waals surface area contributed by atoms with Gasteiger partial charge in [-0.2, -0.15) is 0 Å². The summed E-state index contributed by atoms with van der Waals surface area (Å²) in [7, 11) is 0. The van der Waals surface area contributed by atoms with E-state index in [1.165, 1.54) is 25.8 Å². The Balaban J connectivity index is 1.83. The van der Waals surface area contributed by atoms with Crippen LogP contribution in [-0.4, -0.2) is 48.0 Å². The molecule has 2 saturated heterocycles. The average molecular weight is 336 g/mol. The average Bonchev–Trinajstić information content (AvgIpc) is 2.57. The van der Waals surface area contributed by atoms with Crippen LogP contribution in [0.25, 0.3) is 0 Å². The van der Waals surface area contributed by atoms with Crippen LogP contribution in [0.2, 0.25) is 5.02 Å². The second kappa shape index (κ2) is 7.65. The number of piperidine rings is 1. The predicted molar refractivity (Wildman–Crippen MR) is 94.6 cm³/mol. The summed E-state index contributed by atoms with van der Waals surface area (Å²) in [4.78, 5) is 15.3. The topological polar surface area (TPSA) is 26.8 Å². The van der Waals surface area contributed by atoms with Gasteiger partial charge in [-0.05, 0) is 37.9 Å². The van der Waals surface area contributed by atoms with Crippen molar-refractivity contribution < 1.29 is 4.79 Å². The zero-order valence-corrected chi connectivity index (χ0v) is 14.6. The Hall–Kier alpha value is -1.10. The molecular formula is C18H26ClN3O. The Bertz CT molecular complexity index is 551. The normalized spacial score (nSPS) is 22.6. The molecule has 3 rings (SSSR count). The minimum absolute atomic E-state index is 0.143. The predicted octanol–water partition coefficient (Wildman–Crippen LogP) is 3.56. The van der Waals surface area contributed by atoms with E-state index in [9.17, 15) is 4.79 Å². The lowest BCUT2D eigenvalue weighted by molar-refractivity contribution is -0.122. The molecule has 2 heterocycles. The summed E-state index contributed by atoms with van der Waals surface area (Å²) < 4.78 is 0. The summed E-state index contributed by atoms with van der Waals surface area (Å²) >= 11 is 6.39. The van der Waals surface area contributed by atoms with Gasteiger partial charge in [0.05, 0.1) is 10.7 Å². The molecule has 2 fully saturated rings. The van der Waals surface area contributed by atoms with Gasteiger partial charge in [0.2, 0.25) is 5.91 Å². The van der Waals surface area contributed by atoms with Crippen molar-refractivity contribution in [1.29, 1.82) is 0 Å². The Morgan fingerprint density at radius 3 is 2.87 bits per heavy atom. The minimum atomic E-state index is 0.143. The van der Waals surface area contributed by atoms with E-state index in [0.717, 1.165) is 31.7 Å². The van der Waals surface area contributed by atoms with Crippen LogP contribution in [0.4, 0.5) is 5.69 Å². The summed E-state index contributed by atoms with van der Waals surface area (Å²) in [5, 5.41) is 4.70. The van der Waals surface area contributed by atoms with Gasteiger partial charge in [0.25, 0.3) is 0 Å². The molecule has 126 valence electrons. The van der Waals surface area contributed by atoms with E-state index in [0.29, 0.717) is 17.5 Å². The third-order valence-electron chi connectivity index (χ3n) is 4.88. The minimum Gasteiger partial charge on any atom is -0.298 e. The molecule has 1 aromatic carbocycles. The highest BCUT2D eigenvalue weighted by atomic mass is 35.5. The van der Waals surface area contributed by atoms with Crippen LogP contribution in [0.3, 0.4) is 0 Å². The number of hydrogen-bond acceptors (Lipinski definition) is 3. The molecule has 0 saturated carbocycles. The number of rotatable bonds is 4. The molecule has 2 aliphatic heterocycles. The van der Waals surface area contributed by atoms with Gasteiger partial charge >= 0.3 is 0 Å². The SMILES string of the molecule is CCCC(=O)N(c1ccccc1Cl)N1CCN2CCCCC2C1. The van der Waals surface area contributed by atoms with Gasteiger partial charge in [0, 0.05) is 32.1 Å². The lowest BCUT2D eigenvalue weighted by Crippen LogP contribution is -2.60. The standard InChI is InChI=1S/C18H26ClN3O/c1-2-7-18(23)22(17-10-4-3-9-16(17)19)21-13-12-20-11-6-5-8-15(20)14-21/h3-4,9-10,15H,2,5-8,11-14H2,1H3. The molecule has 0 spiro atoms. The van der Waals surface area contributed by atoms with Crippen LogP contribution < -0.4 is 5.01 Å². The number of carbonyl (C=O) groups is 1. The number of nitrogens with zero attached hydrogens (tertiary/aromatic N) is 3. The van der Waals surface area contributed by atoms with Crippen LogP contribution in [0.1, 0.15) is 39.0 Å². The van der Waals surface area contributed by atoms with E-state index in [1.54, 1.807) is 0 Å². The monoisotopic (exact) mass is 335 g/mol. The van der Waals surface area contributed by atoms with Crippen LogP contribution in [0, 0.1) is 0 Å². The van der Waals surface area contributed by atoms with E-state index < -0.39 is 0 Å². The van der Waals surface area contributed by atoms with Gasteiger partial charge in [-0.1, -0.05) is 37.1 Å². The van der Waals surface area contributed by atoms with Crippen molar-refractivity contribution in [3.8, 4) is 0 Å². The summed E-state index contributed by atoms with van der Waals surface area (Å²) in [6, 6.07) is 8.23. The zero-order valence-electron chi connectivity index (χ0n) is 13.9. The fraction of sp³-hybridized carbons (Fsp3) is 0.611. The fourth-order valence-corrected chi connectivity index (χ4v) is 3.92. The van der Waals surface area contributed by atoms with Crippen molar-refractivity contribution in [3.63, 3.8) is 0 Å². The largest absolute Gasteiger partial charge is 0.298 e. The van der Waals surface area contributed by atoms with E-state index in [4.69, 9.17) is 11.6 Å². The lowest BCUT2D eigenvalue weighted by Gasteiger charge is -2.47. The number of benzene rings is 1. The van der Waals surface area contributed by atoms with Crippen molar-refractivity contribution >= 4 is 23.2 Å². The molecule has 0 bridgehead atoms. The third kappa shape index (κ3) is 3.70. The number of anilines is 1. The molecule has 0 radical (unpaired) electrons. The summed E-state index contributed by atoms with van der Waals surface area (Å²) in [5.41, 5.74) is 0.817. The van der Waals surface area contributed by atoms with Crippen molar-refractivity contribution in [1.82, 2.24) is 9.91 Å². The zero-order chi connectivity index (χ0) is 16.2. The molecule has 0 N–H and O–H groups in total. The molecule has 1 unspecified atom stereocenters. The smallest absolute Gasteiger partial charge is 0.241 e. The molecule has 1 atom stereocenters. The highest BCUT2D eigenvalue weighted by Crippen LogP contribution is 2.30. The number of hydrazine groups is 1. The van der Waals surface area contributed by atoms with Gasteiger partial charge < -0.3 is 0 Å². The first-order valence-electron chi connectivity index (χ1n) is 8.77. The first-order chi connectivity index (χ1) is 11.2. The van der Waals surface area contributed by atoms with Gasteiger partial charge in [0.15, 0.2) is 0 Å². The summed E-state index contributed by atoms with van der Waals surface area (Å²) in [6.07, 6.45) is 5.23. The first-order valence-corrected chi connectivity index (χ1v) is 9.15. The Morgan fingerprint density at radius 1 is 1.26 bits per heavy atom. The Labute approximate surface area is 144 Å². The Morgan fingerprint density at radius 2 is 2.09 bits per heavy atom. The van der Waals surface area contributed by atoms with Crippen LogP contribution in [-0.2, 0) is 4.79 Å². The van der Waals surface area contributed by atoms with Gasteiger partial charge in [-0.25, -0.2) is 10.0 Å². The quantitative estimate of drug-likeness (QED) is 0.841. The van der Waals surface area contributed by atoms with Crippen LogP contribution >= 0.6 is 11.6 Å². The number of para-hydroxylation sites is 1. The van der Waals surface area contributed by atoms with Gasteiger partial charge in [-0.15, -0.1) is 0 Å². The van der Waals surface area contributed by atoms with E-state index in [1.807, 2.05) is 36.2 Å². The van der Waals surface area contributed by atoms with E-state index in [-0.39, 0.29) is 5.91 Å². The highest BCUT2D eigenvalue weighted by Gasteiger charge is 2.34. The molecule has 1 aromatic rings. The van der Waals surface area contributed by atoms with Gasteiger partial charge in [0.1, 0.15) is 0 Å². The number of carbonyl (C=O) groups excluding carboxylic acids is 1. The van der Waals surface area contributed by atoms with Crippen LogP contribution in [0.15, 0.2) is 24.3 Å². The number of halogens is 1. The first kappa shape index (κ1) is 16.7. The lowest BCUT2D eigenvalue weighted by atomic mass is 10.00. The molecule has 4 nitrogen and oxygen atoms in total. The number of hydrogen-bond donors (Lipinski definition) is 0. The van der Waals surface area contributed by atoms with E-state index in [2.05, 4.69) is 9.91 Å². The summed E-state index contributed by atoms with van der Waals surface area (Å²) in [6.45, 7) is 6.08. The van der Waals surface area contributed by atoms with E-state index >= 15 is 0 Å². The van der Waals surface area contributed by atoms with Crippen molar-refractivity contribution in [2.45, 2.75) is 45.1 Å². The highest BCUT2D eigenvalue weighted by molar-refractivity contribution is 6.33. The maximum Gasteiger partial charge on any atom is 0.241 e. The van der Waals surface area contributed by atoms with Crippen molar-refractivity contribution in [3.05, 3.63) is 29.3 Å². The van der Waals surface area contributed by atoms with Gasteiger partial charge in [-0.3, -0.25) is 9.69 Å². The molecule has 2 aliphatic rings. The second-order valence-electron chi connectivity index (χ2n) is 6.51. The fourth-order valence-electron chi connectivity index (χ4n) is 3.71. The van der Waals surface area contributed by atoms with Crippen molar-refractivity contribution in [2.24, 2.45) is 0 Å². The molecule has 1 amide bonds. The molecule has 0 aromatic heterocycles. The second-order valence-corrected chi connectivity index (χ2v) is 6.91. The molecule has 5 heteroatoms. The molecule has 0 aliphatic carbocycles. The van der Waals surface area contributed by atoms with Crippen LogP contribution in [0.5, 0.6) is 0 Å². The number of amides is 1. The third-order valence-corrected chi connectivity index (χ3v) is 5.20. The maximum absolute atomic E-state index is 12.8. The van der Waals surface area contributed by atoms with Crippen molar-refractivity contribution in [2.75, 3.05) is 31.2 Å². The molecule has 23 heavy (non-hydrogen) atoms. The number of fused-ring (bicyclic) bond motifs is 1. The number of piperazine rings is 1.